The lowest BCUT2D eigenvalue weighted by Crippen LogP contribution is -2.31. The lowest BCUT2D eigenvalue weighted by molar-refractivity contribution is 0.246. The minimum absolute atomic E-state index is 0.154. The Morgan fingerprint density at radius 1 is 1.21 bits per heavy atom. The highest BCUT2D eigenvalue weighted by atomic mass is 16.3. The number of likely N-dealkylation sites (tertiary alicyclic amines) is 1. The summed E-state index contributed by atoms with van der Waals surface area (Å²) in [4.78, 5) is 2.20. The molecule has 0 spiro atoms. The van der Waals surface area contributed by atoms with Crippen molar-refractivity contribution in [1.82, 2.24) is 4.90 Å². The van der Waals surface area contributed by atoms with Crippen LogP contribution in [0, 0.1) is 0 Å². The van der Waals surface area contributed by atoms with Gasteiger partial charge in [0, 0.05) is 5.56 Å². The van der Waals surface area contributed by atoms with Gasteiger partial charge in [0.15, 0.2) is 0 Å². The largest absolute Gasteiger partial charge is 0.508 e. The van der Waals surface area contributed by atoms with Crippen molar-refractivity contribution in [3.8, 4) is 5.75 Å². The standard InChI is InChI=1S/C11H16N2O/c12-11(13-7-3-4-8-13)9-5-1-2-6-10(9)14/h1-2,5-6,11,14H,3-4,7-8,12H2. The number of rotatable bonds is 2. The van der Waals surface area contributed by atoms with Gasteiger partial charge in [0.05, 0.1) is 6.17 Å². The van der Waals surface area contributed by atoms with Crippen LogP contribution in [0.15, 0.2) is 24.3 Å². The molecular formula is C11H16N2O. The van der Waals surface area contributed by atoms with Gasteiger partial charge in [-0.15, -0.1) is 0 Å². The summed E-state index contributed by atoms with van der Waals surface area (Å²) in [5.41, 5.74) is 6.90. The molecule has 0 radical (unpaired) electrons. The highest BCUT2D eigenvalue weighted by Crippen LogP contribution is 2.26. The summed E-state index contributed by atoms with van der Waals surface area (Å²) in [6, 6.07) is 7.30. The fraction of sp³-hybridized carbons (Fsp3) is 0.455. The second-order valence-corrected chi connectivity index (χ2v) is 3.75. The van der Waals surface area contributed by atoms with E-state index in [-0.39, 0.29) is 6.17 Å². The van der Waals surface area contributed by atoms with Gasteiger partial charge in [-0.05, 0) is 32.0 Å². The number of hydrogen-bond acceptors (Lipinski definition) is 3. The number of nitrogens with two attached hydrogens (primary N) is 1. The van der Waals surface area contributed by atoms with Gasteiger partial charge in [-0.2, -0.15) is 0 Å². The average molecular weight is 192 g/mol. The molecule has 2 rings (SSSR count). The fourth-order valence-electron chi connectivity index (χ4n) is 1.95. The van der Waals surface area contributed by atoms with Crippen LogP contribution in [-0.4, -0.2) is 23.1 Å². The van der Waals surface area contributed by atoms with Crippen LogP contribution < -0.4 is 5.73 Å². The average Bonchev–Trinajstić information content (AvgIpc) is 2.70. The maximum atomic E-state index is 9.63. The number of aromatic hydroxyl groups is 1. The molecule has 1 aromatic carbocycles. The smallest absolute Gasteiger partial charge is 0.121 e. The number of hydrogen-bond donors (Lipinski definition) is 2. The number of phenolic OH excluding ortho intramolecular Hbond substituents is 1. The molecule has 3 heteroatoms. The summed E-state index contributed by atoms with van der Waals surface area (Å²) in [7, 11) is 0. The van der Waals surface area contributed by atoms with Gasteiger partial charge in [0.1, 0.15) is 5.75 Å². The van der Waals surface area contributed by atoms with E-state index in [4.69, 9.17) is 5.73 Å². The van der Waals surface area contributed by atoms with Crippen LogP contribution >= 0.6 is 0 Å². The summed E-state index contributed by atoms with van der Waals surface area (Å²) in [6.07, 6.45) is 2.27. The Bertz CT molecular complexity index is 308. The molecule has 1 atom stereocenters. The molecule has 0 aromatic heterocycles. The van der Waals surface area contributed by atoms with Crippen LogP contribution in [0.4, 0.5) is 0 Å². The van der Waals surface area contributed by atoms with E-state index in [1.165, 1.54) is 12.8 Å². The Labute approximate surface area is 84.1 Å². The van der Waals surface area contributed by atoms with Crippen molar-refractivity contribution in [1.29, 1.82) is 0 Å². The van der Waals surface area contributed by atoms with Crippen molar-refractivity contribution in [2.24, 2.45) is 5.73 Å². The lowest BCUT2D eigenvalue weighted by Gasteiger charge is -2.24. The second kappa shape index (κ2) is 3.98. The van der Waals surface area contributed by atoms with Crippen molar-refractivity contribution < 1.29 is 5.11 Å². The second-order valence-electron chi connectivity index (χ2n) is 3.75. The third-order valence-corrected chi connectivity index (χ3v) is 2.79. The summed E-state index contributed by atoms with van der Waals surface area (Å²) in [5.74, 6) is 0.298. The summed E-state index contributed by atoms with van der Waals surface area (Å²) in [6.45, 7) is 2.07. The van der Waals surface area contributed by atoms with Crippen molar-refractivity contribution in [2.75, 3.05) is 13.1 Å². The molecule has 0 bridgehead atoms. The molecule has 1 saturated heterocycles. The zero-order valence-corrected chi connectivity index (χ0v) is 8.19. The van der Waals surface area contributed by atoms with Gasteiger partial charge in [-0.3, -0.25) is 4.90 Å². The highest BCUT2D eigenvalue weighted by Gasteiger charge is 2.21. The Hall–Kier alpha value is -1.06. The van der Waals surface area contributed by atoms with E-state index in [9.17, 15) is 5.11 Å². The van der Waals surface area contributed by atoms with Crippen molar-refractivity contribution >= 4 is 0 Å². The van der Waals surface area contributed by atoms with Crippen LogP contribution in [0.2, 0.25) is 0 Å². The maximum Gasteiger partial charge on any atom is 0.121 e. The molecule has 1 aliphatic rings. The Balaban J connectivity index is 2.17. The van der Waals surface area contributed by atoms with Crippen molar-refractivity contribution in [3.05, 3.63) is 29.8 Å². The molecule has 1 aromatic rings. The monoisotopic (exact) mass is 192 g/mol. The molecule has 3 nitrogen and oxygen atoms in total. The first-order valence-corrected chi connectivity index (χ1v) is 5.06. The van der Waals surface area contributed by atoms with Crippen LogP contribution in [0.25, 0.3) is 0 Å². The molecule has 3 N–H and O–H groups in total. The van der Waals surface area contributed by atoms with E-state index in [1.54, 1.807) is 6.07 Å². The topological polar surface area (TPSA) is 49.5 Å². The normalized spacial score (nSPS) is 19.8. The van der Waals surface area contributed by atoms with Crippen LogP contribution in [-0.2, 0) is 0 Å². The number of nitrogens with zero attached hydrogens (tertiary/aromatic N) is 1. The van der Waals surface area contributed by atoms with Crippen LogP contribution in [0.3, 0.4) is 0 Å². The number of para-hydroxylation sites is 1. The van der Waals surface area contributed by atoms with E-state index < -0.39 is 0 Å². The zero-order chi connectivity index (χ0) is 9.97. The molecule has 0 aliphatic carbocycles. The summed E-state index contributed by atoms with van der Waals surface area (Å²) in [5, 5.41) is 9.63. The van der Waals surface area contributed by atoms with Gasteiger partial charge in [0.2, 0.25) is 0 Å². The summed E-state index contributed by atoms with van der Waals surface area (Å²) >= 11 is 0. The van der Waals surface area contributed by atoms with Gasteiger partial charge < -0.3 is 10.8 Å². The van der Waals surface area contributed by atoms with Gasteiger partial charge in [-0.1, -0.05) is 18.2 Å². The van der Waals surface area contributed by atoms with Gasteiger partial charge >= 0.3 is 0 Å². The molecule has 1 aliphatic heterocycles. The van der Waals surface area contributed by atoms with E-state index in [2.05, 4.69) is 4.90 Å². The molecule has 76 valence electrons. The fourth-order valence-corrected chi connectivity index (χ4v) is 1.95. The molecule has 0 amide bonds. The van der Waals surface area contributed by atoms with E-state index >= 15 is 0 Å². The molecule has 0 saturated carbocycles. The molecule has 1 unspecified atom stereocenters. The first-order valence-electron chi connectivity index (χ1n) is 5.06. The lowest BCUT2D eigenvalue weighted by atomic mass is 10.1. The van der Waals surface area contributed by atoms with Gasteiger partial charge in [0.25, 0.3) is 0 Å². The van der Waals surface area contributed by atoms with Gasteiger partial charge in [-0.25, -0.2) is 0 Å². The predicted octanol–water partition coefficient (Wildman–Crippen LogP) is 1.45. The SMILES string of the molecule is NC(c1ccccc1O)N1CCCC1. The Morgan fingerprint density at radius 2 is 1.86 bits per heavy atom. The first-order chi connectivity index (χ1) is 6.79. The van der Waals surface area contributed by atoms with Crippen LogP contribution in [0.1, 0.15) is 24.6 Å². The number of phenols is 1. The third kappa shape index (κ3) is 1.74. The summed E-state index contributed by atoms with van der Waals surface area (Å²) < 4.78 is 0. The molecule has 1 heterocycles. The Kier molecular flexibility index (Phi) is 2.70. The minimum atomic E-state index is -0.154. The quantitative estimate of drug-likeness (QED) is 0.745. The molecule has 14 heavy (non-hydrogen) atoms. The van der Waals surface area contributed by atoms with Crippen LogP contribution in [0.5, 0.6) is 5.75 Å². The predicted molar refractivity (Wildman–Crippen MR) is 55.8 cm³/mol. The van der Waals surface area contributed by atoms with E-state index in [1.807, 2.05) is 18.2 Å². The third-order valence-electron chi connectivity index (χ3n) is 2.79. The minimum Gasteiger partial charge on any atom is -0.508 e. The van der Waals surface area contributed by atoms with Crippen molar-refractivity contribution in [3.63, 3.8) is 0 Å². The van der Waals surface area contributed by atoms with E-state index in [0.717, 1.165) is 18.7 Å². The first kappa shape index (κ1) is 9.49. The highest BCUT2D eigenvalue weighted by molar-refractivity contribution is 5.34. The maximum absolute atomic E-state index is 9.63. The Morgan fingerprint density at radius 3 is 2.50 bits per heavy atom. The number of benzene rings is 1. The van der Waals surface area contributed by atoms with E-state index in [0.29, 0.717) is 5.75 Å². The molecular weight excluding hydrogens is 176 g/mol. The zero-order valence-electron chi connectivity index (χ0n) is 8.19. The molecule has 1 fully saturated rings. The van der Waals surface area contributed by atoms with Crippen molar-refractivity contribution in [2.45, 2.75) is 19.0 Å².